The van der Waals surface area contributed by atoms with Gasteiger partial charge in [-0.05, 0) is 31.5 Å². The maximum atomic E-state index is 12.6. The van der Waals surface area contributed by atoms with Crippen molar-refractivity contribution in [3.05, 3.63) is 33.9 Å². The van der Waals surface area contributed by atoms with Gasteiger partial charge < -0.3 is 10.6 Å². The van der Waals surface area contributed by atoms with Crippen LogP contribution in [0, 0.1) is 10.1 Å². The first-order chi connectivity index (χ1) is 9.79. The molecular formula is C12H12F3N3O3. The number of rotatable bonds is 3. The summed E-state index contributed by atoms with van der Waals surface area (Å²) in [6, 6.07) is 1.53. The van der Waals surface area contributed by atoms with Gasteiger partial charge in [-0.1, -0.05) is 0 Å². The highest BCUT2D eigenvalue weighted by Gasteiger charge is 2.33. The number of nitro benzene ring substituents is 1. The highest BCUT2D eigenvalue weighted by Crippen LogP contribution is 2.35. The third-order valence-electron chi connectivity index (χ3n) is 3.16. The van der Waals surface area contributed by atoms with Crippen LogP contribution in [0.2, 0.25) is 0 Å². The number of carbonyl (C=O) groups is 1. The standard InChI is InChI=1S/C12H12F3N3O3/c13-12(14,15)7-3-4-8(10(6-7)18(20)21)17-11(19)9-2-1-5-16-9/h3-4,6,9,16H,1-2,5H2,(H,17,19)/t9-/m1/s1. The van der Waals surface area contributed by atoms with E-state index < -0.39 is 34.3 Å². The van der Waals surface area contributed by atoms with E-state index in [0.29, 0.717) is 25.1 Å². The summed E-state index contributed by atoms with van der Waals surface area (Å²) < 4.78 is 37.7. The fraction of sp³-hybridized carbons (Fsp3) is 0.417. The predicted octanol–water partition coefficient (Wildman–Crippen LogP) is 2.30. The van der Waals surface area contributed by atoms with Crippen molar-refractivity contribution < 1.29 is 22.9 Å². The maximum absolute atomic E-state index is 12.6. The van der Waals surface area contributed by atoms with Gasteiger partial charge in [0.05, 0.1) is 16.5 Å². The Morgan fingerprint density at radius 3 is 2.67 bits per heavy atom. The first-order valence-corrected chi connectivity index (χ1v) is 6.19. The number of alkyl halides is 3. The molecule has 1 atom stereocenters. The SMILES string of the molecule is O=C(Nc1ccc(C(F)(F)F)cc1[N+](=O)[O-])[C@H]1CCCN1. The van der Waals surface area contributed by atoms with Gasteiger partial charge in [0.15, 0.2) is 0 Å². The van der Waals surface area contributed by atoms with Gasteiger partial charge in [-0.2, -0.15) is 13.2 Å². The molecular weight excluding hydrogens is 291 g/mol. The molecule has 0 bridgehead atoms. The van der Waals surface area contributed by atoms with Gasteiger partial charge >= 0.3 is 6.18 Å². The van der Waals surface area contributed by atoms with Crippen LogP contribution in [0.15, 0.2) is 18.2 Å². The molecule has 1 amide bonds. The summed E-state index contributed by atoms with van der Waals surface area (Å²) in [7, 11) is 0. The lowest BCUT2D eigenvalue weighted by atomic mass is 10.1. The molecule has 0 saturated carbocycles. The lowest BCUT2D eigenvalue weighted by molar-refractivity contribution is -0.384. The molecule has 0 aromatic heterocycles. The van der Waals surface area contributed by atoms with Crippen molar-refractivity contribution in [1.29, 1.82) is 0 Å². The van der Waals surface area contributed by atoms with Crippen molar-refractivity contribution in [3.8, 4) is 0 Å². The number of anilines is 1. The Hall–Kier alpha value is -2.16. The third kappa shape index (κ3) is 3.48. The number of benzene rings is 1. The van der Waals surface area contributed by atoms with Gasteiger partial charge in [0, 0.05) is 6.07 Å². The highest BCUT2D eigenvalue weighted by molar-refractivity contribution is 5.96. The molecule has 0 radical (unpaired) electrons. The lowest BCUT2D eigenvalue weighted by Crippen LogP contribution is -2.35. The smallest absolute Gasteiger partial charge is 0.319 e. The third-order valence-corrected chi connectivity index (χ3v) is 3.16. The zero-order chi connectivity index (χ0) is 15.6. The number of carbonyl (C=O) groups excluding carboxylic acids is 1. The summed E-state index contributed by atoms with van der Waals surface area (Å²) >= 11 is 0. The van der Waals surface area contributed by atoms with E-state index in [2.05, 4.69) is 10.6 Å². The molecule has 2 rings (SSSR count). The van der Waals surface area contributed by atoms with Crippen molar-refractivity contribution in [2.75, 3.05) is 11.9 Å². The van der Waals surface area contributed by atoms with E-state index in [0.717, 1.165) is 12.5 Å². The van der Waals surface area contributed by atoms with Crippen molar-refractivity contribution in [2.24, 2.45) is 0 Å². The molecule has 6 nitrogen and oxygen atoms in total. The van der Waals surface area contributed by atoms with Gasteiger partial charge in [0.2, 0.25) is 5.91 Å². The van der Waals surface area contributed by atoms with Crippen molar-refractivity contribution in [1.82, 2.24) is 5.32 Å². The Kier molecular flexibility index (Phi) is 4.12. The van der Waals surface area contributed by atoms with Crippen LogP contribution in [-0.2, 0) is 11.0 Å². The number of hydrogen-bond acceptors (Lipinski definition) is 4. The van der Waals surface area contributed by atoms with Gasteiger partial charge in [0.1, 0.15) is 5.69 Å². The minimum absolute atomic E-state index is 0.244. The molecule has 1 aromatic rings. The fourth-order valence-corrected chi connectivity index (χ4v) is 2.09. The van der Waals surface area contributed by atoms with Crippen LogP contribution >= 0.6 is 0 Å². The van der Waals surface area contributed by atoms with Crippen LogP contribution in [0.1, 0.15) is 18.4 Å². The second-order valence-corrected chi connectivity index (χ2v) is 4.62. The normalized spacial score (nSPS) is 18.5. The van der Waals surface area contributed by atoms with Crippen LogP contribution in [0.3, 0.4) is 0 Å². The molecule has 1 aromatic carbocycles. The predicted molar refractivity (Wildman–Crippen MR) is 67.8 cm³/mol. The average molecular weight is 303 g/mol. The number of nitro groups is 1. The molecule has 0 unspecified atom stereocenters. The van der Waals surface area contributed by atoms with E-state index in [1.165, 1.54) is 0 Å². The molecule has 1 saturated heterocycles. The number of nitrogens with zero attached hydrogens (tertiary/aromatic N) is 1. The van der Waals surface area contributed by atoms with E-state index in [4.69, 9.17) is 0 Å². The second-order valence-electron chi connectivity index (χ2n) is 4.62. The molecule has 1 heterocycles. The number of amides is 1. The quantitative estimate of drug-likeness (QED) is 0.663. The Balaban J connectivity index is 2.26. The first kappa shape index (κ1) is 15.2. The largest absolute Gasteiger partial charge is 0.416 e. The van der Waals surface area contributed by atoms with E-state index >= 15 is 0 Å². The van der Waals surface area contributed by atoms with Gasteiger partial charge in [-0.3, -0.25) is 14.9 Å². The summed E-state index contributed by atoms with van der Waals surface area (Å²) in [5.41, 5.74) is -2.16. The molecule has 114 valence electrons. The maximum Gasteiger partial charge on any atom is 0.416 e. The molecule has 2 N–H and O–H groups in total. The van der Waals surface area contributed by atoms with E-state index in [-0.39, 0.29) is 5.69 Å². The molecule has 21 heavy (non-hydrogen) atoms. The Labute approximate surface area is 117 Å². The van der Waals surface area contributed by atoms with Gasteiger partial charge in [-0.25, -0.2) is 0 Å². The number of nitrogens with one attached hydrogen (secondary N) is 2. The summed E-state index contributed by atoms with van der Waals surface area (Å²) in [5.74, 6) is -0.490. The van der Waals surface area contributed by atoms with Crippen molar-refractivity contribution >= 4 is 17.3 Å². The van der Waals surface area contributed by atoms with Crippen LogP contribution < -0.4 is 10.6 Å². The topological polar surface area (TPSA) is 84.3 Å². The molecule has 9 heteroatoms. The number of hydrogen-bond donors (Lipinski definition) is 2. The van der Waals surface area contributed by atoms with Crippen molar-refractivity contribution in [2.45, 2.75) is 25.1 Å². The molecule has 1 fully saturated rings. The Morgan fingerprint density at radius 2 is 2.14 bits per heavy atom. The Bertz CT molecular complexity index is 569. The Morgan fingerprint density at radius 1 is 1.43 bits per heavy atom. The highest BCUT2D eigenvalue weighted by atomic mass is 19.4. The van der Waals surface area contributed by atoms with Gasteiger partial charge in [0.25, 0.3) is 5.69 Å². The van der Waals surface area contributed by atoms with E-state index in [1.807, 2.05) is 0 Å². The first-order valence-electron chi connectivity index (χ1n) is 6.19. The van der Waals surface area contributed by atoms with Crippen LogP contribution in [0.4, 0.5) is 24.5 Å². The molecule has 0 aliphatic carbocycles. The summed E-state index contributed by atoms with van der Waals surface area (Å²) in [6.45, 7) is 0.660. The summed E-state index contributed by atoms with van der Waals surface area (Å²) in [4.78, 5) is 21.8. The lowest BCUT2D eigenvalue weighted by Gasteiger charge is -2.12. The van der Waals surface area contributed by atoms with E-state index in [1.54, 1.807) is 0 Å². The molecule has 0 spiro atoms. The summed E-state index contributed by atoms with van der Waals surface area (Å²) in [5, 5.41) is 16.1. The number of halogens is 3. The monoisotopic (exact) mass is 303 g/mol. The van der Waals surface area contributed by atoms with Crippen molar-refractivity contribution in [3.63, 3.8) is 0 Å². The van der Waals surface area contributed by atoms with Crippen LogP contribution in [-0.4, -0.2) is 23.4 Å². The second kappa shape index (κ2) is 5.68. The van der Waals surface area contributed by atoms with Crippen LogP contribution in [0.25, 0.3) is 0 Å². The van der Waals surface area contributed by atoms with Crippen LogP contribution in [0.5, 0.6) is 0 Å². The minimum Gasteiger partial charge on any atom is -0.319 e. The summed E-state index contributed by atoms with van der Waals surface area (Å²) in [6.07, 6.45) is -3.30. The van der Waals surface area contributed by atoms with E-state index in [9.17, 15) is 28.1 Å². The average Bonchev–Trinajstić information content (AvgIpc) is 2.91. The molecule has 1 aliphatic rings. The molecule has 1 aliphatic heterocycles. The fourth-order valence-electron chi connectivity index (χ4n) is 2.09. The van der Waals surface area contributed by atoms with Gasteiger partial charge in [-0.15, -0.1) is 0 Å². The zero-order valence-corrected chi connectivity index (χ0v) is 10.7. The zero-order valence-electron chi connectivity index (χ0n) is 10.7. The minimum atomic E-state index is -4.68.